The third-order valence-electron chi connectivity index (χ3n) is 15.4. The summed E-state index contributed by atoms with van der Waals surface area (Å²) in [4.78, 5) is 2.36. The zero-order valence-electron chi connectivity index (χ0n) is 40.9. The number of nitrogens with zero attached hydrogens (tertiary/aromatic N) is 2. The van der Waals surface area contributed by atoms with Crippen molar-refractivity contribution >= 4 is 93.1 Å². The van der Waals surface area contributed by atoms with E-state index in [1.165, 1.54) is 71.0 Å². The van der Waals surface area contributed by atoms with Crippen LogP contribution in [0.15, 0.2) is 283 Å². The number of rotatable bonds is 8. The predicted molar refractivity (Wildman–Crippen MR) is 317 cm³/mol. The monoisotopic (exact) mass is 954 g/mol. The van der Waals surface area contributed by atoms with E-state index in [4.69, 9.17) is 4.42 Å². The lowest BCUT2D eigenvalue weighted by molar-refractivity contribution is 0.674. The summed E-state index contributed by atoms with van der Waals surface area (Å²) < 4.78 is 9.20. The highest BCUT2D eigenvalue weighted by Crippen LogP contribution is 2.43. The lowest BCUT2D eigenvalue weighted by Crippen LogP contribution is -2.09. The fourth-order valence-corrected chi connectivity index (χ4v) is 11.7. The van der Waals surface area contributed by atoms with Crippen molar-refractivity contribution in [3.63, 3.8) is 0 Å². The highest BCUT2D eigenvalue weighted by molar-refractivity contribution is 6.17. The fraction of sp³-hybridized carbons (Fsp3) is 0. The number of hydrogen-bond donors (Lipinski definition) is 0. The van der Waals surface area contributed by atoms with Gasteiger partial charge in [-0.15, -0.1) is 0 Å². The maximum absolute atomic E-state index is 6.79. The Balaban J connectivity index is 0.811. The van der Waals surface area contributed by atoms with Crippen molar-refractivity contribution in [3.05, 3.63) is 279 Å². The molecule has 3 nitrogen and oxygen atoms in total. The van der Waals surface area contributed by atoms with Crippen LogP contribution in [0, 0.1) is 0 Å². The molecule has 0 fully saturated rings. The molecule has 0 radical (unpaired) electrons. The summed E-state index contributed by atoms with van der Waals surface area (Å²) in [6, 6.07) is 101. The van der Waals surface area contributed by atoms with Gasteiger partial charge in [-0.25, -0.2) is 0 Å². The van der Waals surface area contributed by atoms with E-state index < -0.39 is 0 Å². The van der Waals surface area contributed by atoms with E-state index in [9.17, 15) is 0 Å². The molecule has 3 heteroatoms. The average molecular weight is 955 g/mol. The van der Waals surface area contributed by atoms with Crippen LogP contribution in [-0.4, -0.2) is 4.57 Å². The highest BCUT2D eigenvalue weighted by atomic mass is 16.3. The first kappa shape index (κ1) is 42.7. The van der Waals surface area contributed by atoms with Gasteiger partial charge >= 0.3 is 0 Å². The molecular weight excluding hydrogens is 909 g/mol. The van der Waals surface area contributed by atoms with Gasteiger partial charge in [0.1, 0.15) is 11.2 Å². The molecule has 0 bridgehead atoms. The maximum Gasteiger partial charge on any atom is 0.143 e. The van der Waals surface area contributed by atoms with Crippen LogP contribution in [0.4, 0.5) is 17.1 Å². The molecule has 0 saturated carbocycles. The molecule has 0 N–H and O–H groups in total. The van der Waals surface area contributed by atoms with E-state index in [0.717, 1.165) is 72.3 Å². The first-order chi connectivity index (χ1) is 37.2. The largest absolute Gasteiger partial charge is 0.455 e. The molecule has 0 aliphatic heterocycles. The van der Waals surface area contributed by atoms with Gasteiger partial charge < -0.3 is 13.9 Å². The van der Waals surface area contributed by atoms with Crippen LogP contribution in [0.2, 0.25) is 0 Å². The number of benzene rings is 13. The van der Waals surface area contributed by atoms with Crippen LogP contribution in [0.3, 0.4) is 0 Å². The van der Waals surface area contributed by atoms with Crippen LogP contribution in [0.1, 0.15) is 0 Å². The number of furan rings is 1. The van der Waals surface area contributed by atoms with Gasteiger partial charge in [0, 0.05) is 55.1 Å². The molecule has 13 aromatic carbocycles. The molecule has 0 aliphatic rings. The van der Waals surface area contributed by atoms with Crippen molar-refractivity contribution in [2.75, 3.05) is 4.90 Å². The first-order valence-corrected chi connectivity index (χ1v) is 25.7. The molecule has 350 valence electrons. The summed E-state index contributed by atoms with van der Waals surface area (Å²) in [5, 5.41) is 12.1. The second-order valence-electron chi connectivity index (χ2n) is 19.6. The normalized spacial score (nSPS) is 11.7. The van der Waals surface area contributed by atoms with Crippen molar-refractivity contribution in [2.45, 2.75) is 0 Å². The quantitative estimate of drug-likeness (QED) is 0.142. The Labute approximate surface area is 434 Å². The minimum Gasteiger partial charge on any atom is -0.455 e. The number of para-hydroxylation sites is 4. The summed E-state index contributed by atoms with van der Waals surface area (Å²) >= 11 is 0. The number of aromatic nitrogens is 1. The number of anilines is 3. The molecule has 75 heavy (non-hydrogen) atoms. The fourth-order valence-electron chi connectivity index (χ4n) is 11.7. The Morgan fingerprint density at radius 2 is 0.693 bits per heavy atom. The minimum absolute atomic E-state index is 0.902. The summed E-state index contributed by atoms with van der Waals surface area (Å²) in [5.74, 6) is 0. The van der Waals surface area contributed by atoms with E-state index in [1.54, 1.807) is 0 Å². The van der Waals surface area contributed by atoms with Crippen molar-refractivity contribution in [1.82, 2.24) is 4.57 Å². The third kappa shape index (κ3) is 7.12. The predicted octanol–water partition coefficient (Wildman–Crippen LogP) is 20.3. The zero-order valence-corrected chi connectivity index (χ0v) is 40.9. The lowest BCUT2D eigenvalue weighted by atomic mass is 9.95. The Bertz CT molecular complexity index is 4640. The molecule has 15 aromatic rings. The van der Waals surface area contributed by atoms with Crippen LogP contribution in [-0.2, 0) is 0 Å². The lowest BCUT2D eigenvalue weighted by Gasteiger charge is -2.26. The minimum atomic E-state index is 0.902. The van der Waals surface area contributed by atoms with E-state index in [2.05, 4.69) is 289 Å². The molecule has 2 aromatic heterocycles. The molecule has 0 unspecified atom stereocenters. The van der Waals surface area contributed by atoms with Crippen molar-refractivity contribution < 1.29 is 4.42 Å². The molecule has 15 rings (SSSR count). The van der Waals surface area contributed by atoms with Crippen LogP contribution >= 0.6 is 0 Å². The van der Waals surface area contributed by atoms with Crippen LogP contribution < -0.4 is 4.90 Å². The van der Waals surface area contributed by atoms with E-state index in [0.29, 0.717) is 0 Å². The van der Waals surface area contributed by atoms with Gasteiger partial charge in [0.25, 0.3) is 0 Å². The van der Waals surface area contributed by atoms with Gasteiger partial charge in [-0.1, -0.05) is 206 Å². The van der Waals surface area contributed by atoms with Crippen molar-refractivity contribution in [2.24, 2.45) is 0 Å². The first-order valence-electron chi connectivity index (χ1n) is 25.7. The number of fused-ring (bicyclic) bond motifs is 11. The Hall–Kier alpha value is -9.96. The summed E-state index contributed by atoms with van der Waals surface area (Å²) in [6.45, 7) is 0. The molecule has 0 aliphatic carbocycles. The average Bonchev–Trinajstić information content (AvgIpc) is 4.04. The van der Waals surface area contributed by atoms with Gasteiger partial charge in [-0.3, -0.25) is 0 Å². The SMILES string of the molecule is c1cc(-c2ccc(N(c3ccc(-c4ccccc4-n4c5ccccc5c5ccccc54)cc3)c3ccc(-c4cccc5c4oc4c6ccccc6ccc54)cc3)cc2)cc(-c2ccc3c(ccc4ccccc43)c2)c1. The Morgan fingerprint density at radius 1 is 0.253 bits per heavy atom. The molecule has 2 heterocycles. The number of hydrogen-bond acceptors (Lipinski definition) is 2. The maximum atomic E-state index is 6.79. The summed E-state index contributed by atoms with van der Waals surface area (Å²) in [5.41, 5.74) is 17.8. The smallest absolute Gasteiger partial charge is 0.143 e. The van der Waals surface area contributed by atoms with Gasteiger partial charge in [0.15, 0.2) is 0 Å². The van der Waals surface area contributed by atoms with Gasteiger partial charge in [0.05, 0.1) is 16.7 Å². The molecule has 0 spiro atoms. The standard InChI is InChI=1S/C72H46N2O/c1-3-17-59-48(13-1)27-28-55-46-54(36-43-60(55)59)53-16-11-15-52(45-53)47-29-37-56(38-30-47)73(58-41-33-51(34-42-58)63-22-12-23-66-67-44-35-49-14-2-4-19-62(49)72(67)75-71(63)66)57-39-31-50(32-40-57)61-18-5-8-24-68(61)74-69-25-9-6-20-64(69)65-21-7-10-26-70(65)74/h1-46H. The van der Waals surface area contributed by atoms with Gasteiger partial charge in [0.2, 0.25) is 0 Å². The van der Waals surface area contributed by atoms with Crippen LogP contribution in [0.5, 0.6) is 0 Å². The topological polar surface area (TPSA) is 21.3 Å². The van der Waals surface area contributed by atoms with Crippen LogP contribution in [0.25, 0.3) is 126 Å². The zero-order chi connectivity index (χ0) is 49.4. The second kappa shape index (κ2) is 17.4. The summed E-state index contributed by atoms with van der Waals surface area (Å²) in [6.07, 6.45) is 0. The molecule has 0 amide bonds. The van der Waals surface area contributed by atoms with E-state index in [-0.39, 0.29) is 0 Å². The third-order valence-corrected chi connectivity index (χ3v) is 15.4. The van der Waals surface area contributed by atoms with Crippen molar-refractivity contribution in [3.8, 4) is 50.2 Å². The molecular formula is C72H46N2O. The van der Waals surface area contributed by atoms with Gasteiger partial charge in [-0.2, -0.15) is 0 Å². The second-order valence-corrected chi connectivity index (χ2v) is 19.6. The van der Waals surface area contributed by atoms with E-state index >= 15 is 0 Å². The Kier molecular flexibility index (Phi) is 9.89. The highest BCUT2D eigenvalue weighted by Gasteiger charge is 2.19. The van der Waals surface area contributed by atoms with Gasteiger partial charge in [-0.05, 0) is 133 Å². The van der Waals surface area contributed by atoms with Crippen molar-refractivity contribution in [1.29, 1.82) is 0 Å². The Morgan fingerprint density at radius 3 is 1.40 bits per heavy atom. The molecule has 0 saturated heterocycles. The van der Waals surface area contributed by atoms with E-state index in [1.807, 2.05) is 0 Å². The molecule has 0 atom stereocenters. The summed E-state index contributed by atoms with van der Waals surface area (Å²) in [7, 11) is 0.